The van der Waals surface area contributed by atoms with Crippen LogP contribution in [0.1, 0.15) is 25.5 Å². The van der Waals surface area contributed by atoms with Crippen LogP contribution in [0.5, 0.6) is 0 Å². The Morgan fingerprint density at radius 2 is 1.95 bits per heavy atom. The maximum absolute atomic E-state index is 13.6. The van der Waals surface area contributed by atoms with E-state index in [1.54, 1.807) is 18.2 Å². The smallest absolute Gasteiger partial charge is 0.129 e. The molecule has 4 heteroatoms. The lowest BCUT2D eigenvalue weighted by molar-refractivity contribution is 0.0853. The Kier molecular flexibility index (Phi) is 6.83. The number of nitrogens with zero attached hydrogens (tertiary/aromatic N) is 1. The Bertz CT molecular complexity index is 388. The van der Waals surface area contributed by atoms with Gasteiger partial charge in [0, 0.05) is 23.9 Å². The van der Waals surface area contributed by atoms with E-state index in [9.17, 15) is 9.50 Å². The predicted octanol–water partition coefficient (Wildman–Crippen LogP) is 3.18. The van der Waals surface area contributed by atoms with Gasteiger partial charge in [-0.3, -0.25) is 0 Å². The lowest BCUT2D eigenvalue weighted by atomic mass is 9.96. The average molecular weight is 285 g/mol. The molecule has 0 radical (unpaired) electrons. The number of aliphatic hydroxyl groups excluding tert-OH is 1. The zero-order valence-electron chi connectivity index (χ0n) is 12.1. The second-order valence-corrected chi connectivity index (χ2v) is 6.10. The molecular weight excluding hydrogens is 261 g/mol. The van der Waals surface area contributed by atoms with E-state index < -0.39 is 6.10 Å². The number of benzene rings is 1. The molecule has 0 aliphatic carbocycles. The van der Waals surface area contributed by atoms with Crippen LogP contribution in [0, 0.1) is 11.7 Å². The van der Waals surface area contributed by atoms with Gasteiger partial charge in [0.2, 0.25) is 0 Å². The second kappa shape index (κ2) is 7.88. The Balaban J connectivity index is 2.63. The highest BCUT2D eigenvalue weighted by Gasteiger charge is 2.22. The van der Waals surface area contributed by atoms with Gasteiger partial charge in [0.25, 0.3) is 0 Å². The molecule has 0 saturated carbocycles. The first-order valence-electron chi connectivity index (χ1n) is 6.59. The van der Waals surface area contributed by atoms with Crippen molar-refractivity contribution in [2.45, 2.75) is 26.0 Å². The van der Waals surface area contributed by atoms with Gasteiger partial charge < -0.3 is 10.0 Å². The maximum atomic E-state index is 13.6. The van der Waals surface area contributed by atoms with Gasteiger partial charge in [-0.2, -0.15) is 11.8 Å². The third-order valence-corrected chi connectivity index (χ3v) is 4.31. The second-order valence-electron chi connectivity index (χ2n) is 5.19. The van der Waals surface area contributed by atoms with E-state index in [1.165, 1.54) is 6.07 Å². The van der Waals surface area contributed by atoms with E-state index in [2.05, 4.69) is 18.1 Å². The number of hydrogen-bond donors (Lipinski definition) is 1. The lowest BCUT2D eigenvalue weighted by Gasteiger charge is -2.29. The van der Waals surface area contributed by atoms with E-state index in [-0.39, 0.29) is 11.7 Å². The molecule has 1 aromatic rings. The third-order valence-electron chi connectivity index (χ3n) is 3.50. The van der Waals surface area contributed by atoms with Gasteiger partial charge in [0.05, 0.1) is 6.10 Å². The van der Waals surface area contributed by atoms with Crippen molar-refractivity contribution < 1.29 is 9.50 Å². The molecule has 0 bridgehead atoms. The monoisotopic (exact) mass is 285 g/mol. The van der Waals surface area contributed by atoms with Crippen LogP contribution in [0.3, 0.4) is 0 Å². The zero-order valence-corrected chi connectivity index (χ0v) is 13.0. The summed E-state index contributed by atoms with van der Waals surface area (Å²) in [4.78, 5) is 2.21. The first-order valence-corrected chi connectivity index (χ1v) is 7.98. The van der Waals surface area contributed by atoms with Gasteiger partial charge in [-0.15, -0.1) is 0 Å². The van der Waals surface area contributed by atoms with Gasteiger partial charge in [-0.25, -0.2) is 4.39 Å². The molecule has 108 valence electrons. The fraction of sp³-hybridized carbons (Fsp3) is 0.600. The number of thioether (sulfide) groups is 1. The van der Waals surface area contributed by atoms with E-state index in [4.69, 9.17) is 0 Å². The van der Waals surface area contributed by atoms with Gasteiger partial charge in [0.1, 0.15) is 5.82 Å². The van der Waals surface area contributed by atoms with Gasteiger partial charge in [-0.05, 0) is 32.2 Å². The molecule has 1 rings (SSSR count). The summed E-state index contributed by atoms with van der Waals surface area (Å²) >= 11 is 1.81. The van der Waals surface area contributed by atoms with Crippen molar-refractivity contribution in [2.24, 2.45) is 5.92 Å². The molecule has 3 unspecified atom stereocenters. The molecule has 3 atom stereocenters. The molecule has 1 aromatic carbocycles. The third kappa shape index (κ3) is 4.79. The number of rotatable bonds is 7. The van der Waals surface area contributed by atoms with Crippen LogP contribution >= 0.6 is 11.8 Å². The van der Waals surface area contributed by atoms with Crippen LogP contribution < -0.4 is 0 Å². The fourth-order valence-electron chi connectivity index (χ4n) is 2.12. The summed E-state index contributed by atoms with van der Waals surface area (Å²) in [5, 5.41) is 10.3. The molecule has 0 aliphatic rings. The van der Waals surface area contributed by atoms with Crippen LogP contribution in [0.2, 0.25) is 0 Å². The Morgan fingerprint density at radius 3 is 2.53 bits per heavy atom. The fourth-order valence-corrected chi connectivity index (χ4v) is 2.86. The molecule has 2 nitrogen and oxygen atoms in total. The zero-order chi connectivity index (χ0) is 14.4. The summed E-state index contributed by atoms with van der Waals surface area (Å²) in [5.41, 5.74) is 0.390. The van der Waals surface area contributed by atoms with Crippen LogP contribution in [0.25, 0.3) is 0 Å². The van der Waals surface area contributed by atoms with Gasteiger partial charge in [0.15, 0.2) is 0 Å². The number of aliphatic hydroxyl groups is 1. The molecule has 0 aliphatic heterocycles. The van der Waals surface area contributed by atoms with Crippen molar-refractivity contribution in [3.63, 3.8) is 0 Å². The minimum atomic E-state index is -0.759. The van der Waals surface area contributed by atoms with Crippen LogP contribution in [-0.2, 0) is 0 Å². The maximum Gasteiger partial charge on any atom is 0.129 e. The van der Waals surface area contributed by atoms with Crippen molar-refractivity contribution in [3.8, 4) is 0 Å². The standard InChI is InChI=1S/C15H24FNOS/c1-11(9-17(3)12(2)10-19-4)15(18)13-7-5-6-8-14(13)16/h5-8,11-12,15,18H,9-10H2,1-4H3. The normalized spacial score (nSPS) is 16.4. The van der Waals surface area contributed by atoms with E-state index in [0.29, 0.717) is 11.6 Å². The molecule has 0 amide bonds. The van der Waals surface area contributed by atoms with Crippen LogP contribution in [0.15, 0.2) is 24.3 Å². The first kappa shape index (κ1) is 16.5. The van der Waals surface area contributed by atoms with Gasteiger partial charge >= 0.3 is 0 Å². The summed E-state index contributed by atoms with van der Waals surface area (Å²) < 4.78 is 13.6. The van der Waals surface area contributed by atoms with Crippen LogP contribution in [-0.4, -0.2) is 41.6 Å². The average Bonchev–Trinajstić information content (AvgIpc) is 2.38. The van der Waals surface area contributed by atoms with E-state index >= 15 is 0 Å². The molecule has 0 aromatic heterocycles. The molecule has 0 saturated heterocycles. The quantitative estimate of drug-likeness (QED) is 0.832. The SMILES string of the molecule is CSCC(C)N(C)CC(C)C(O)c1ccccc1F. The highest BCUT2D eigenvalue weighted by molar-refractivity contribution is 7.98. The van der Waals surface area contributed by atoms with Crippen molar-refractivity contribution in [1.29, 1.82) is 0 Å². The van der Waals surface area contributed by atoms with Crippen molar-refractivity contribution >= 4 is 11.8 Å². The summed E-state index contributed by atoms with van der Waals surface area (Å²) in [7, 11) is 2.05. The Morgan fingerprint density at radius 1 is 1.32 bits per heavy atom. The van der Waals surface area contributed by atoms with Gasteiger partial charge in [-0.1, -0.05) is 25.1 Å². The van der Waals surface area contributed by atoms with Crippen molar-refractivity contribution in [1.82, 2.24) is 4.90 Å². The lowest BCUT2D eigenvalue weighted by Crippen LogP contribution is -2.36. The topological polar surface area (TPSA) is 23.5 Å². The minimum absolute atomic E-state index is 0.00814. The van der Waals surface area contributed by atoms with Crippen LogP contribution in [0.4, 0.5) is 4.39 Å². The van der Waals surface area contributed by atoms with E-state index in [1.807, 2.05) is 25.7 Å². The summed E-state index contributed by atoms with van der Waals surface area (Å²) in [6.45, 7) is 4.87. The highest BCUT2D eigenvalue weighted by atomic mass is 32.2. The number of hydrogen-bond acceptors (Lipinski definition) is 3. The molecule has 19 heavy (non-hydrogen) atoms. The Hall–Kier alpha value is -0.580. The summed E-state index contributed by atoms with van der Waals surface area (Å²) in [6, 6.07) is 6.90. The minimum Gasteiger partial charge on any atom is -0.388 e. The number of halogens is 1. The van der Waals surface area contributed by atoms with Crippen molar-refractivity contribution in [2.75, 3.05) is 25.6 Å². The van der Waals surface area contributed by atoms with Crippen molar-refractivity contribution in [3.05, 3.63) is 35.6 Å². The highest BCUT2D eigenvalue weighted by Crippen LogP contribution is 2.25. The largest absolute Gasteiger partial charge is 0.388 e. The molecule has 0 fully saturated rings. The molecule has 1 N–H and O–H groups in total. The predicted molar refractivity (Wildman–Crippen MR) is 81.0 cm³/mol. The Labute approximate surface area is 120 Å². The summed E-state index contributed by atoms with van der Waals surface area (Å²) in [5.74, 6) is 0.715. The molecule has 0 spiro atoms. The first-order chi connectivity index (χ1) is 8.97. The van der Waals surface area contributed by atoms with E-state index in [0.717, 1.165) is 12.3 Å². The molecule has 0 heterocycles. The molecular formula is C15H24FNOS. The summed E-state index contributed by atoms with van der Waals surface area (Å²) in [6.07, 6.45) is 1.33.